The third-order valence-corrected chi connectivity index (χ3v) is 2.80. The summed E-state index contributed by atoms with van der Waals surface area (Å²) in [5, 5.41) is 12.7. The molecule has 3 nitrogen and oxygen atoms in total. The minimum atomic E-state index is 0.0151. The fraction of sp³-hybridized carbons (Fsp3) is 1.00. The Labute approximate surface area is 74.8 Å². The lowest BCUT2D eigenvalue weighted by molar-refractivity contribution is 0.0909. The van der Waals surface area contributed by atoms with Crippen molar-refractivity contribution >= 4 is 0 Å². The first-order chi connectivity index (χ1) is 5.72. The van der Waals surface area contributed by atoms with Crippen molar-refractivity contribution in [2.45, 2.75) is 25.3 Å². The minimum Gasteiger partial charge on any atom is -0.394 e. The lowest BCUT2D eigenvalue weighted by atomic mass is 9.88. The number of hydrogen-bond acceptors (Lipinski definition) is 3. The van der Waals surface area contributed by atoms with Crippen molar-refractivity contribution in [3.05, 3.63) is 0 Å². The maximum atomic E-state index is 9.28. The van der Waals surface area contributed by atoms with E-state index in [1.54, 1.807) is 0 Å². The predicted octanol–water partition coefficient (Wildman–Crippen LogP) is 0.0526. The highest BCUT2D eigenvalue weighted by Crippen LogP contribution is 2.20. The van der Waals surface area contributed by atoms with Crippen LogP contribution in [0.3, 0.4) is 0 Å². The fourth-order valence-electron chi connectivity index (χ4n) is 1.81. The summed E-state index contributed by atoms with van der Waals surface area (Å²) in [7, 11) is 2.13. The molecule has 3 heteroatoms. The van der Waals surface area contributed by atoms with Crippen molar-refractivity contribution in [2.24, 2.45) is 0 Å². The molecule has 1 fully saturated rings. The van der Waals surface area contributed by atoms with E-state index in [0.29, 0.717) is 0 Å². The normalized spacial score (nSPS) is 24.2. The molecule has 0 aliphatic carbocycles. The summed E-state index contributed by atoms with van der Waals surface area (Å²) in [6.45, 7) is 5.50. The smallest absolute Gasteiger partial charge is 0.0614 e. The molecule has 0 spiro atoms. The summed E-state index contributed by atoms with van der Waals surface area (Å²) in [6, 6.07) is 0. The Morgan fingerprint density at radius 2 is 2.00 bits per heavy atom. The number of likely N-dealkylation sites (N-methyl/N-ethyl adjacent to an activating group) is 1. The van der Waals surface area contributed by atoms with Gasteiger partial charge in [-0.2, -0.15) is 0 Å². The van der Waals surface area contributed by atoms with Gasteiger partial charge in [0.15, 0.2) is 0 Å². The molecule has 0 bridgehead atoms. The summed E-state index contributed by atoms with van der Waals surface area (Å²) in [5.74, 6) is 0. The quantitative estimate of drug-likeness (QED) is 0.631. The van der Waals surface area contributed by atoms with Gasteiger partial charge in [0.1, 0.15) is 0 Å². The summed E-state index contributed by atoms with van der Waals surface area (Å²) >= 11 is 0. The van der Waals surface area contributed by atoms with Crippen molar-refractivity contribution in [2.75, 3.05) is 33.3 Å². The molecular formula is C9H20N2O. The molecule has 1 aliphatic rings. The standard InChI is InChI=1S/C9H20N2O/c1-3-10-9(8-12)4-6-11(2)7-5-9/h10,12H,3-8H2,1-2H3. The number of piperidine rings is 1. The van der Waals surface area contributed by atoms with Gasteiger partial charge in [-0.15, -0.1) is 0 Å². The zero-order chi connectivity index (χ0) is 9.03. The van der Waals surface area contributed by atoms with Gasteiger partial charge in [0.2, 0.25) is 0 Å². The van der Waals surface area contributed by atoms with Gasteiger partial charge in [-0.3, -0.25) is 0 Å². The topological polar surface area (TPSA) is 35.5 Å². The lowest BCUT2D eigenvalue weighted by Gasteiger charge is -2.40. The van der Waals surface area contributed by atoms with Crippen LogP contribution in [0.2, 0.25) is 0 Å². The summed E-state index contributed by atoms with van der Waals surface area (Å²) in [5.41, 5.74) is 0.0151. The Kier molecular flexibility index (Phi) is 3.50. The molecule has 0 saturated carbocycles. The van der Waals surface area contributed by atoms with E-state index < -0.39 is 0 Å². The van der Waals surface area contributed by atoms with Gasteiger partial charge in [0.05, 0.1) is 6.61 Å². The van der Waals surface area contributed by atoms with E-state index in [9.17, 15) is 5.11 Å². The van der Waals surface area contributed by atoms with Crippen LogP contribution in [0, 0.1) is 0 Å². The zero-order valence-corrected chi connectivity index (χ0v) is 8.14. The van der Waals surface area contributed by atoms with Crippen LogP contribution in [0.15, 0.2) is 0 Å². The Morgan fingerprint density at radius 1 is 1.42 bits per heavy atom. The molecule has 0 atom stereocenters. The Morgan fingerprint density at radius 3 is 2.42 bits per heavy atom. The van der Waals surface area contributed by atoms with E-state index >= 15 is 0 Å². The number of rotatable bonds is 3. The predicted molar refractivity (Wildman–Crippen MR) is 50.2 cm³/mol. The van der Waals surface area contributed by atoms with E-state index in [2.05, 4.69) is 24.2 Å². The molecular weight excluding hydrogens is 152 g/mol. The lowest BCUT2D eigenvalue weighted by Crippen LogP contribution is -2.55. The van der Waals surface area contributed by atoms with Gasteiger partial charge >= 0.3 is 0 Å². The molecule has 0 aromatic heterocycles. The average molecular weight is 172 g/mol. The first-order valence-electron chi connectivity index (χ1n) is 4.77. The van der Waals surface area contributed by atoms with Gasteiger partial charge in [-0.1, -0.05) is 6.92 Å². The van der Waals surface area contributed by atoms with E-state index in [4.69, 9.17) is 0 Å². The molecule has 0 unspecified atom stereocenters. The number of aliphatic hydroxyl groups excluding tert-OH is 1. The molecule has 2 N–H and O–H groups in total. The third-order valence-electron chi connectivity index (χ3n) is 2.80. The summed E-state index contributed by atoms with van der Waals surface area (Å²) in [4.78, 5) is 2.31. The maximum absolute atomic E-state index is 9.28. The highest BCUT2D eigenvalue weighted by Gasteiger charge is 2.31. The molecule has 0 radical (unpaired) electrons. The van der Waals surface area contributed by atoms with E-state index in [-0.39, 0.29) is 12.1 Å². The molecule has 1 aliphatic heterocycles. The number of nitrogens with zero attached hydrogens (tertiary/aromatic N) is 1. The SMILES string of the molecule is CCNC1(CO)CCN(C)CC1. The van der Waals surface area contributed by atoms with Crippen molar-refractivity contribution in [1.29, 1.82) is 0 Å². The molecule has 12 heavy (non-hydrogen) atoms. The molecule has 1 rings (SSSR count). The fourth-order valence-corrected chi connectivity index (χ4v) is 1.81. The second-order valence-electron chi connectivity index (χ2n) is 3.77. The van der Waals surface area contributed by atoms with Crippen LogP contribution in [0.5, 0.6) is 0 Å². The van der Waals surface area contributed by atoms with Crippen molar-refractivity contribution in [3.63, 3.8) is 0 Å². The van der Waals surface area contributed by atoms with Gasteiger partial charge in [0.25, 0.3) is 0 Å². The second-order valence-corrected chi connectivity index (χ2v) is 3.77. The van der Waals surface area contributed by atoms with Gasteiger partial charge in [0, 0.05) is 5.54 Å². The second kappa shape index (κ2) is 4.21. The number of aliphatic hydroxyl groups is 1. The van der Waals surface area contributed by atoms with Gasteiger partial charge in [-0.05, 0) is 39.5 Å². The number of likely N-dealkylation sites (tertiary alicyclic amines) is 1. The number of hydrogen-bond donors (Lipinski definition) is 2. The minimum absolute atomic E-state index is 0.0151. The van der Waals surface area contributed by atoms with Crippen LogP contribution in [-0.4, -0.2) is 48.8 Å². The summed E-state index contributed by atoms with van der Waals surface area (Å²) < 4.78 is 0. The highest BCUT2D eigenvalue weighted by molar-refractivity contribution is 4.91. The molecule has 0 aromatic rings. The Balaban J connectivity index is 2.45. The largest absolute Gasteiger partial charge is 0.394 e. The molecule has 0 aromatic carbocycles. The van der Waals surface area contributed by atoms with Crippen molar-refractivity contribution in [3.8, 4) is 0 Å². The van der Waals surface area contributed by atoms with Crippen LogP contribution in [0.1, 0.15) is 19.8 Å². The van der Waals surface area contributed by atoms with Crippen LogP contribution in [0.25, 0.3) is 0 Å². The molecule has 1 saturated heterocycles. The average Bonchev–Trinajstić information content (AvgIpc) is 2.10. The third kappa shape index (κ3) is 2.19. The van der Waals surface area contributed by atoms with Crippen LogP contribution < -0.4 is 5.32 Å². The van der Waals surface area contributed by atoms with E-state index in [0.717, 1.165) is 32.5 Å². The molecule has 72 valence electrons. The number of nitrogens with one attached hydrogen (secondary N) is 1. The molecule has 1 heterocycles. The first kappa shape index (κ1) is 9.96. The van der Waals surface area contributed by atoms with E-state index in [1.165, 1.54) is 0 Å². The summed E-state index contributed by atoms with van der Waals surface area (Å²) in [6.07, 6.45) is 2.13. The van der Waals surface area contributed by atoms with Crippen LogP contribution in [0.4, 0.5) is 0 Å². The monoisotopic (exact) mass is 172 g/mol. The van der Waals surface area contributed by atoms with Gasteiger partial charge in [-0.25, -0.2) is 0 Å². The van der Waals surface area contributed by atoms with Crippen LogP contribution >= 0.6 is 0 Å². The van der Waals surface area contributed by atoms with Crippen molar-refractivity contribution < 1.29 is 5.11 Å². The Bertz CT molecular complexity index is 130. The van der Waals surface area contributed by atoms with Crippen molar-refractivity contribution in [1.82, 2.24) is 10.2 Å². The first-order valence-corrected chi connectivity index (χ1v) is 4.77. The van der Waals surface area contributed by atoms with Crippen LogP contribution in [-0.2, 0) is 0 Å². The maximum Gasteiger partial charge on any atom is 0.0614 e. The van der Waals surface area contributed by atoms with E-state index in [1.807, 2.05) is 0 Å². The zero-order valence-electron chi connectivity index (χ0n) is 8.14. The molecule has 0 amide bonds. The van der Waals surface area contributed by atoms with Gasteiger partial charge < -0.3 is 15.3 Å². The Hall–Kier alpha value is -0.120. The highest BCUT2D eigenvalue weighted by atomic mass is 16.3.